The fraction of sp³-hybridized carbons (Fsp3) is 0.167. The van der Waals surface area contributed by atoms with Crippen molar-refractivity contribution in [1.29, 1.82) is 0 Å². The van der Waals surface area contributed by atoms with Crippen LogP contribution in [-0.2, 0) is 6.42 Å². The molecule has 0 aliphatic carbocycles. The first kappa shape index (κ1) is 10.5. The number of nitrogens with zero attached hydrogens (tertiary/aromatic N) is 2. The summed E-state index contributed by atoms with van der Waals surface area (Å²) in [7, 11) is 0. The van der Waals surface area contributed by atoms with Gasteiger partial charge in [0.2, 0.25) is 5.95 Å². The summed E-state index contributed by atoms with van der Waals surface area (Å²) in [4.78, 5) is 7.48. The average molecular weight is 217 g/mol. The van der Waals surface area contributed by atoms with Crippen LogP contribution in [0, 0.1) is 5.82 Å². The molecule has 0 bridgehead atoms. The Bertz CT molecular complexity index is 494. The van der Waals surface area contributed by atoms with E-state index >= 15 is 0 Å². The Hall–Kier alpha value is -1.97. The third-order valence-corrected chi connectivity index (χ3v) is 2.40. The Labute approximate surface area is 93.2 Å². The number of aromatic nitrogens is 2. The summed E-state index contributed by atoms with van der Waals surface area (Å²) in [6.45, 7) is 2.07. The Balaban J connectivity index is 2.45. The first-order valence-electron chi connectivity index (χ1n) is 5.08. The Morgan fingerprint density at radius 3 is 2.56 bits per heavy atom. The third-order valence-electron chi connectivity index (χ3n) is 2.40. The van der Waals surface area contributed by atoms with E-state index in [-0.39, 0.29) is 11.6 Å². The molecule has 0 fully saturated rings. The second-order valence-electron chi connectivity index (χ2n) is 3.48. The molecule has 0 aliphatic rings. The SMILES string of the molecule is CCc1ccc(-c2nc(N)ncc2F)cc1. The maximum atomic E-state index is 13.5. The van der Waals surface area contributed by atoms with Gasteiger partial charge in [0, 0.05) is 5.56 Å². The van der Waals surface area contributed by atoms with Crippen molar-refractivity contribution >= 4 is 5.95 Å². The van der Waals surface area contributed by atoms with Gasteiger partial charge in [-0.1, -0.05) is 31.2 Å². The van der Waals surface area contributed by atoms with Gasteiger partial charge in [0.05, 0.1) is 6.20 Å². The van der Waals surface area contributed by atoms with Gasteiger partial charge in [-0.2, -0.15) is 0 Å². The van der Waals surface area contributed by atoms with Gasteiger partial charge in [0.1, 0.15) is 5.69 Å². The fourth-order valence-electron chi connectivity index (χ4n) is 1.48. The number of aryl methyl sites for hydroxylation is 1. The predicted molar refractivity (Wildman–Crippen MR) is 61.2 cm³/mol. The number of nitrogens with two attached hydrogens (primary N) is 1. The molecular formula is C12H12FN3. The maximum Gasteiger partial charge on any atom is 0.220 e. The molecule has 16 heavy (non-hydrogen) atoms. The van der Waals surface area contributed by atoms with Gasteiger partial charge in [0.15, 0.2) is 5.82 Å². The van der Waals surface area contributed by atoms with E-state index in [4.69, 9.17) is 5.73 Å². The third kappa shape index (κ3) is 2.00. The molecule has 1 aromatic heterocycles. The first-order chi connectivity index (χ1) is 7.70. The van der Waals surface area contributed by atoms with Gasteiger partial charge in [-0.3, -0.25) is 0 Å². The number of hydrogen-bond acceptors (Lipinski definition) is 3. The van der Waals surface area contributed by atoms with Crippen LogP contribution in [0.2, 0.25) is 0 Å². The van der Waals surface area contributed by atoms with Crippen LogP contribution in [0.3, 0.4) is 0 Å². The fourth-order valence-corrected chi connectivity index (χ4v) is 1.48. The van der Waals surface area contributed by atoms with Gasteiger partial charge in [0.25, 0.3) is 0 Å². The minimum Gasteiger partial charge on any atom is -0.368 e. The normalized spacial score (nSPS) is 10.4. The zero-order chi connectivity index (χ0) is 11.5. The second kappa shape index (κ2) is 4.26. The average Bonchev–Trinajstić information content (AvgIpc) is 2.32. The highest BCUT2D eigenvalue weighted by molar-refractivity contribution is 5.60. The molecule has 0 amide bonds. The molecule has 0 spiro atoms. The van der Waals surface area contributed by atoms with Crippen LogP contribution in [0.4, 0.5) is 10.3 Å². The molecule has 0 radical (unpaired) electrons. The van der Waals surface area contributed by atoms with Crippen molar-refractivity contribution in [2.24, 2.45) is 0 Å². The second-order valence-corrected chi connectivity index (χ2v) is 3.48. The number of halogens is 1. The van der Waals surface area contributed by atoms with Crippen LogP contribution >= 0.6 is 0 Å². The topological polar surface area (TPSA) is 51.8 Å². The number of rotatable bonds is 2. The molecule has 0 unspecified atom stereocenters. The zero-order valence-corrected chi connectivity index (χ0v) is 8.94. The Morgan fingerprint density at radius 2 is 1.94 bits per heavy atom. The van der Waals surface area contributed by atoms with Crippen molar-refractivity contribution in [2.75, 3.05) is 5.73 Å². The highest BCUT2D eigenvalue weighted by Crippen LogP contribution is 2.21. The molecule has 0 saturated heterocycles. The van der Waals surface area contributed by atoms with Crippen LogP contribution in [-0.4, -0.2) is 9.97 Å². The van der Waals surface area contributed by atoms with E-state index < -0.39 is 5.82 Å². The van der Waals surface area contributed by atoms with Crippen LogP contribution < -0.4 is 5.73 Å². The van der Waals surface area contributed by atoms with Gasteiger partial charge < -0.3 is 5.73 Å². The molecule has 0 aliphatic heterocycles. The standard InChI is InChI=1S/C12H12FN3/c1-2-8-3-5-9(6-4-8)11-10(13)7-15-12(14)16-11/h3-7H,2H2,1H3,(H2,14,15,16). The summed E-state index contributed by atoms with van der Waals surface area (Å²) in [5.41, 5.74) is 7.59. The summed E-state index contributed by atoms with van der Waals surface area (Å²) in [5, 5.41) is 0. The maximum absolute atomic E-state index is 13.5. The van der Waals surface area contributed by atoms with E-state index in [1.807, 2.05) is 24.3 Å². The van der Waals surface area contributed by atoms with E-state index in [9.17, 15) is 4.39 Å². The predicted octanol–water partition coefficient (Wildman–Crippen LogP) is 2.43. The van der Waals surface area contributed by atoms with Crippen LogP contribution in [0.5, 0.6) is 0 Å². The molecule has 2 aromatic rings. The number of anilines is 1. The number of hydrogen-bond donors (Lipinski definition) is 1. The highest BCUT2D eigenvalue weighted by atomic mass is 19.1. The lowest BCUT2D eigenvalue weighted by Gasteiger charge is -2.04. The van der Waals surface area contributed by atoms with Crippen molar-refractivity contribution in [3.8, 4) is 11.3 Å². The van der Waals surface area contributed by atoms with Crippen LogP contribution in [0.1, 0.15) is 12.5 Å². The van der Waals surface area contributed by atoms with E-state index in [2.05, 4.69) is 16.9 Å². The van der Waals surface area contributed by atoms with E-state index in [1.54, 1.807) is 0 Å². The Morgan fingerprint density at radius 1 is 1.25 bits per heavy atom. The minimum absolute atomic E-state index is 0.0796. The lowest BCUT2D eigenvalue weighted by molar-refractivity contribution is 0.619. The molecular weight excluding hydrogens is 205 g/mol. The van der Waals surface area contributed by atoms with E-state index in [0.29, 0.717) is 5.56 Å². The number of nitrogen functional groups attached to an aromatic ring is 1. The van der Waals surface area contributed by atoms with Crippen molar-refractivity contribution in [2.45, 2.75) is 13.3 Å². The molecule has 2 N–H and O–H groups in total. The van der Waals surface area contributed by atoms with Crippen molar-refractivity contribution in [1.82, 2.24) is 9.97 Å². The largest absolute Gasteiger partial charge is 0.368 e. The van der Waals surface area contributed by atoms with Crippen molar-refractivity contribution < 1.29 is 4.39 Å². The Kier molecular flexibility index (Phi) is 2.81. The molecule has 2 rings (SSSR count). The molecule has 1 aromatic carbocycles. The van der Waals surface area contributed by atoms with E-state index in [1.165, 1.54) is 5.56 Å². The van der Waals surface area contributed by atoms with Crippen LogP contribution in [0.25, 0.3) is 11.3 Å². The van der Waals surface area contributed by atoms with Gasteiger partial charge in [-0.25, -0.2) is 14.4 Å². The summed E-state index contributed by atoms with van der Waals surface area (Å²) < 4.78 is 13.5. The lowest BCUT2D eigenvalue weighted by atomic mass is 10.1. The summed E-state index contributed by atoms with van der Waals surface area (Å²) >= 11 is 0. The monoisotopic (exact) mass is 217 g/mol. The summed E-state index contributed by atoms with van der Waals surface area (Å²) in [6.07, 6.45) is 2.04. The van der Waals surface area contributed by atoms with Gasteiger partial charge >= 0.3 is 0 Å². The highest BCUT2D eigenvalue weighted by Gasteiger charge is 2.07. The molecule has 0 saturated carbocycles. The van der Waals surface area contributed by atoms with Crippen molar-refractivity contribution in [3.05, 3.63) is 41.8 Å². The lowest BCUT2D eigenvalue weighted by Crippen LogP contribution is -1.98. The number of benzene rings is 1. The molecule has 0 atom stereocenters. The molecule has 82 valence electrons. The first-order valence-corrected chi connectivity index (χ1v) is 5.08. The summed E-state index contributed by atoms with van der Waals surface area (Å²) in [6, 6.07) is 7.58. The zero-order valence-electron chi connectivity index (χ0n) is 8.94. The summed E-state index contributed by atoms with van der Waals surface area (Å²) in [5.74, 6) is -0.380. The molecule has 4 heteroatoms. The molecule has 1 heterocycles. The van der Waals surface area contributed by atoms with Gasteiger partial charge in [-0.05, 0) is 12.0 Å². The molecule has 3 nitrogen and oxygen atoms in total. The van der Waals surface area contributed by atoms with Crippen molar-refractivity contribution in [3.63, 3.8) is 0 Å². The smallest absolute Gasteiger partial charge is 0.220 e. The van der Waals surface area contributed by atoms with E-state index in [0.717, 1.165) is 12.6 Å². The quantitative estimate of drug-likeness (QED) is 0.840. The minimum atomic E-state index is -0.460. The van der Waals surface area contributed by atoms with Crippen LogP contribution in [0.15, 0.2) is 30.5 Å². The van der Waals surface area contributed by atoms with Gasteiger partial charge in [-0.15, -0.1) is 0 Å².